The number of anilines is 1. The van der Waals surface area contributed by atoms with E-state index in [4.69, 9.17) is 4.74 Å². The van der Waals surface area contributed by atoms with Crippen LogP contribution in [0.5, 0.6) is 5.75 Å². The largest absolute Gasteiger partial charge is 0.483 e. The number of benzene rings is 2. The van der Waals surface area contributed by atoms with E-state index < -0.39 is 15.9 Å². The molecular formula is C24H30N2O5S. The van der Waals surface area contributed by atoms with Crippen LogP contribution >= 0.6 is 0 Å². The molecular weight excluding hydrogens is 428 g/mol. The zero-order valence-corrected chi connectivity index (χ0v) is 19.5. The van der Waals surface area contributed by atoms with E-state index in [1.807, 2.05) is 0 Å². The van der Waals surface area contributed by atoms with Crippen molar-refractivity contribution in [2.24, 2.45) is 11.8 Å². The molecule has 1 fully saturated rings. The summed E-state index contributed by atoms with van der Waals surface area (Å²) in [4.78, 5) is 24.5. The number of Topliss-reactive ketones (excluding diaryl/α,β-unsaturated/α-hetero) is 1. The van der Waals surface area contributed by atoms with Crippen molar-refractivity contribution in [3.05, 3.63) is 54.1 Å². The quantitative estimate of drug-likeness (QED) is 0.605. The first-order valence-corrected chi connectivity index (χ1v) is 12.3. The van der Waals surface area contributed by atoms with Gasteiger partial charge in [0.25, 0.3) is 5.91 Å². The number of nitrogens with one attached hydrogen (secondary N) is 1. The van der Waals surface area contributed by atoms with Gasteiger partial charge in [-0.1, -0.05) is 32.9 Å². The molecule has 1 heterocycles. The molecule has 0 aromatic heterocycles. The number of carbonyl (C=O) groups excluding carboxylic acids is 2. The van der Waals surface area contributed by atoms with Gasteiger partial charge in [0.2, 0.25) is 10.0 Å². The molecule has 0 spiro atoms. The summed E-state index contributed by atoms with van der Waals surface area (Å²) in [6.45, 7) is 6.67. The van der Waals surface area contributed by atoms with Crippen molar-refractivity contribution < 1.29 is 22.7 Å². The highest BCUT2D eigenvalue weighted by molar-refractivity contribution is 7.89. The van der Waals surface area contributed by atoms with E-state index in [9.17, 15) is 18.0 Å². The fourth-order valence-electron chi connectivity index (χ4n) is 4.01. The molecule has 2 aromatic rings. The van der Waals surface area contributed by atoms with Gasteiger partial charge in [-0.05, 0) is 54.7 Å². The molecule has 1 amide bonds. The smallest absolute Gasteiger partial charge is 0.262 e. The van der Waals surface area contributed by atoms with Gasteiger partial charge in [0.15, 0.2) is 12.4 Å². The van der Waals surface area contributed by atoms with Gasteiger partial charge in [-0.3, -0.25) is 9.59 Å². The first kappa shape index (κ1) is 23.9. The van der Waals surface area contributed by atoms with Crippen LogP contribution in [0.1, 0.15) is 44.0 Å². The van der Waals surface area contributed by atoms with E-state index in [2.05, 4.69) is 19.2 Å². The zero-order chi connectivity index (χ0) is 23.3. The average molecular weight is 459 g/mol. The highest BCUT2D eigenvalue weighted by atomic mass is 32.2. The molecule has 3 rings (SSSR count). The minimum atomic E-state index is -3.57. The maximum absolute atomic E-state index is 13.0. The fourth-order valence-corrected chi connectivity index (χ4v) is 5.69. The molecule has 8 heteroatoms. The summed E-state index contributed by atoms with van der Waals surface area (Å²) in [5, 5.41) is 2.69. The van der Waals surface area contributed by atoms with Crippen molar-refractivity contribution in [2.45, 2.75) is 38.5 Å². The topological polar surface area (TPSA) is 92.8 Å². The van der Waals surface area contributed by atoms with Crippen LogP contribution in [0.15, 0.2) is 53.4 Å². The van der Waals surface area contributed by atoms with Crippen molar-refractivity contribution in [3.8, 4) is 5.75 Å². The standard InChI is InChI=1S/C24H30N2O5S/c1-4-22(27)21-7-5-6-8-23(21)31-16-24(28)25-19-9-11-20(12-10-19)32(29,30)26-14-17(2)13-18(3)15-26/h5-12,17-18H,4,13-16H2,1-3H3,(H,25,28)/t17-,18-/m0/s1. The molecule has 1 N–H and O–H groups in total. The minimum absolute atomic E-state index is 0.0599. The Morgan fingerprint density at radius 1 is 1.03 bits per heavy atom. The van der Waals surface area contributed by atoms with Gasteiger partial charge < -0.3 is 10.1 Å². The number of piperidine rings is 1. The lowest BCUT2D eigenvalue weighted by Crippen LogP contribution is -2.42. The van der Waals surface area contributed by atoms with Gasteiger partial charge in [0.1, 0.15) is 5.75 Å². The molecule has 0 unspecified atom stereocenters. The van der Waals surface area contributed by atoms with Gasteiger partial charge in [-0.2, -0.15) is 4.31 Å². The molecule has 2 aromatic carbocycles. The first-order chi connectivity index (χ1) is 15.2. The number of carbonyl (C=O) groups is 2. The van der Waals surface area contributed by atoms with Crippen LogP contribution < -0.4 is 10.1 Å². The Balaban J connectivity index is 1.61. The Bertz CT molecular complexity index is 1060. The summed E-state index contributed by atoms with van der Waals surface area (Å²) in [7, 11) is -3.57. The Kier molecular flexibility index (Phi) is 7.69. The van der Waals surface area contributed by atoms with Crippen molar-refractivity contribution >= 4 is 27.4 Å². The highest BCUT2D eigenvalue weighted by Gasteiger charge is 2.31. The monoisotopic (exact) mass is 458 g/mol. The number of hydrogen-bond donors (Lipinski definition) is 1. The zero-order valence-electron chi connectivity index (χ0n) is 18.7. The molecule has 32 heavy (non-hydrogen) atoms. The third-order valence-electron chi connectivity index (χ3n) is 5.48. The highest BCUT2D eigenvalue weighted by Crippen LogP contribution is 2.27. The summed E-state index contributed by atoms with van der Waals surface area (Å²) in [5.74, 6) is 0.545. The SMILES string of the molecule is CCC(=O)c1ccccc1OCC(=O)Nc1ccc(S(=O)(=O)N2C[C@@H](C)C[C@H](C)C2)cc1. The van der Waals surface area contributed by atoms with Crippen LogP contribution in [0, 0.1) is 11.8 Å². The van der Waals surface area contributed by atoms with E-state index in [0.717, 1.165) is 6.42 Å². The molecule has 1 aliphatic rings. The number of para-hydroxylation sites is 1. The summed E-state index contributed by atoms with van der Waals surface area (Å²) < 4.78 is 33.0. The Labute approximate surface area is 189 Å². The Morgan fingerprint density at radius 3 is 2.28 bits per heavy atom. The van der Waals surface area contributed by atoms with Gasteiger partial charge >= 0.3 is 0 Å². The lowest BCUT2D eigenvalue weighted by molar-refractivity contribution is -0.118. The van der Waals surface area contributed by atoms with Crippen LogP contribution in [-0.4, -0.2) is 44.1 Å². The number of rotatable bonds is 8. The third-order valence-corrected chi connectivity index (χ3v) is 7.32. The molecule has 0 aliphatic carbocycles. The van der Waals surface area contributed by atoms with Gasteiger partial charge in [-0.25, -0.2) is 8.42 Å². The predicted octanol–water partition coefficient (Wildman–Crippen LogP) is 3.96. The first-order valence-electron chi connectivity index (χ1n) is 10.9. The van der Waals surface area contributed by atoms with Gasteiger partial charge in [0.05, 0.1) is 10.5 Å². The average Bonchev–Trinajstić information content (AvgIpc) is 2.77. The summed E-state index contributed by atoms with van der Waals surface area (Å²) >= 11 is 0. The number of sulfonamides is 1. The number of amides is 1. The van der Waals surface area contributed by atoms with Crippen molar-refractivity contribution in [1.82, 2.24) is 4.31 Å². The predicted molar refractivity (Wildman–Crippen MR) is 123 cm³/mol. The van der Waals surface area contributed by atoms with Crippen molar-refractivity contribution in [1.29, 1.82) is 0 Å². The van der Waals surface area contributed by atoms with E-state index >= 15 is 0 Å². The normalized spacial score (nSPS) is 19.3. The summed E-state index contributed by atoms with van der Waals surface area (Å²) in [5.41, 5.74) is 0.912. The van der Waals surface area contributed by atoms with Crippen LogP contribution in [0.2, 0.25) is 0 Å². The lowest BCUT2D eigenvalue weighted by Gasteiger charge is -2.34. The molecule has 172 valence electrons. The van der Waals surface area contributed by atoms with Crippen LogP contribution in [0.4, 0.5) is 5.69 Å². The fraction of sp³-hybridized carbons (Fsp3) is 0.417. The van der Waals surface area contributed by atoms with E-state index in [1.165, 1.54) is 12.1 Å². The van der Waals surface area contributed by atoms with Gasteiger partial charge in [0, 0.05) is 25.2 Å². The van der Waals surface area contributed by atoms with Crippen LogP contribution in [0.25, 0.3) is 0 Å². The molecule has 1 aliphatic heterocycles. The van der Waals surface area contributed by atoms with E-state index in [-0.39, 0.29) is 17.3 Å². The second kappa shape index (κ2) is 10.3. The Hall–Kier alpha value is -2.71. The lowest BCUT2D eigenvalue weighted by atomic mass is 9.94. The number of nitrogens with zero attached hydrogens (tertiary/aromatic N) is 1. The maximum atomic E-state index is 13.0. The molecule has 0 bridgehead atoms. The van der Waals surface area contributed by atoms with Crippen LogP contribution in [0.3, 0.4) is 0 Å². The van der Waals surface area contributed by atoms with Gasteiger partial charge in [-0.15, -0.1) is 0 Å². The second-order valence-electron chi connectivity index (χ2n) is 8.40. The summed E-state index contributed by atoms with van der Waals surface area (Å²) in [6.07, 6.45) is 1.37. The van der Waals surface area contributed by atoms with Crippen molar-refractivity contribution in [2.75, 3.05) is 25.0 Å². The Morgan fingerprint density at radius 2 is 1.66 bits per heavy atom. The minimum Gasteiger partial charge on any atom is -0.483 e. The number of ether oxygens (including phenoxy) is 1. The molecule has 1 saturated heterocycles. The van der Waals surface area contributed by atoms with Crippen LogP contribution in [-0.2, 0) is 14.8 Å². The summed E-state index contributed by atoms with van der Waals surface area (Å²) in [6, 6.07) is 12.9. The van der Waals surface area contributed by atoms with E-state index in [1.54, 1.807) is 47.6 Å². The molecule has 2 atom stereocenters. The molecule has 0 radical (unpaired) electrons. The molecule has 7 nitrogen and oxygen atoms in total. The van der Waals surface area contributed by atoms with E-state index in [0.29, 0.717) is 48.3 Å². The number of ketones is 1. The van der Waals surface area contributed by atoms with Crippen molar-refractivity contribution in [3.63, 3.8) is 0 Å². The number of hydrogen-bond acceptors (Lipinski definition) is 5. The maximum Gasteiger partial charge on any atom is 0.262 e. The molecule has 0 saturated carbocycles. The third kappa shape index (κ3) is 5.75. The second-order valence-corrected chi connectivity index (χ2v) is 10.3.